The molecule has 0 spiro atoms. The van der Waals surface area contributed by atoms with E-state index in [4.69, 9.17) is 0 Å². The van der Waals surface area contributed by atoms with Crippen LogP contribution >= 0.6 is 0 Å². The average Bonchev–Trinajstić information content (AvgIpc) is 2.00. The van der Waals surface area contributed by atoms with E-state index in [1.54, 1.807) is 0 Å². The molecule has 0 atom stereocenters. The molecule has 0 aliphatic rings. The topological polar surface area (TPSA) is 22.1 Å². The standard InChI is InChI=1S/C8H8F3NO/c1-8(10,11)5-13-7-2-6(9)3-12-4-7/h2-4H,5H2,1H3. The summed E-state index contributed by atoms with van der Waals surface area (Å²) < 4.78 is 41.6. The van der Waals surface area contributed by atoms with Crippen LogP contribution < -0.4 is 4.74 Å². The molecule has 0 aliphatic carbocycles. The molecule has 0 bridgehead atoms. The summed E-state index contributed by atoms with van der Waals surface area (Å²) in [6, 6.07) is 0.999. The highest BCUT2D eigenvalue weighted by atomic mass is 19.3. The van der Waals surface area contributed by atoms with Crippen molar-refractivity contribution >= 4 is 0 Å². The van der Waals surface area contributed by atoms with Gasteiger partial charge in [0.2, 0.25) is 0 Å². The molecule has 0 saturated heterocycles. The van der Waals surface area contributed by atoms with Crippen LogP contribution in [0.4, 0.5) is 13.2 Å². The van der Waals surface area contributed by atoms with E-state index in [0.29, 0.717) is 0 Å². The lowest BCUT2D eigenvalue weighted by Gasteiger charge is -2.11. The van der Waals surface area contributed by atoms with E-state index in [-0.39, 0.29) is 5.75 Å². The fraction of sp³-hybridized carbons (Fsp3) is 0.375. The van der Waals surface area contributed by atoms with E-state index in [9.17, 15) is 13.2 Å². The molecule has 5 heteroatoms. The summed E-state index contributed by atoms with van der Waals surface area (Å²) in [6.45, 7) is -0.0577. The predicted octanol–water partition coefficient (Wildman–Crippen LogP) is 2.25. The summed E-state index contributed by atoms with van der Waals surface area (Å²) >= 11 is 0. The highest BCUT2D eigenvalue weighted by Crippen LogP contribution is 2.16. The zero-order valence-corrected chi connectivity index (χ0v) is 6.93. The summed E-state index contributed by atoms with van der Waals surface area (Å²) in [5.41, 5.74) is 0. The molecule has 72 valence electrons. The summed E-state index contributed by atoms with van der Waals surface area (Å²) in [6.07, 6.45) is 2.14. The lowest BCUT2D eigenvalue weighted by atomic mass is 10.4. The van der Waals surface area contributed by atoms with Gasteiger partial charge in [-0.3, -0.25) is 4.98 Å². The normalized spacial score (nSPS) is 11.4. The van der Waals surface area contributed by atoms with E-state index in [1.807, 2.05) is 0 Å². The van der Waals surface area contributed by atoms with Crippen molar-refractivity contribution in [2.24, 2.45) is 0 Å². The zero-order valence-electron chi connectivity index (χ0n) is 6.93. The van der Waals surface area contributed by atoms with E-state index in [2.05, 4.69) is 9.72 Å². The largest absolute Gasteiger partial charge is 0.486 e. The summed E-state index contributed by atoms with van der Waals surface area (Å²) in [7, 11) is 0. The van der Waals surface area contributed by atoms with E-state index in [1.165, 1.54) is 6.20 Å². The van der Waals surface area contributed by atoms with Crippen molar-refractivity contribution in [1.29, 1.82) is 0 Å². The van der Waals surface area contributed by atoms with Gasteiger partial charge in [0.25, 0.3) is 5.92 Å². The van der Waals surface area contributed by atoms with Crippen molar-refractivity contribution in [3.63, 3.8) is 0 Å². The lowest BCUT2D eigenvalue weighted by molar-refractivity contribution is -0.0231. The molecule has 2 nitrogen and oxygen atoms in total. The van der Waals surface area contributed by atoms with Crippen LogP contribution in [0.5, 0.6) is 5.75 Å². The Morgan fingerprint density at radius 2 is 2.15 bits per heavy atom. The van der Waals surface area contributed by atoms with Crippen LogP contribution in [-0.2, 0) is 0 Å². The molecule has 0 N–H and O–H groups in total. The van der Waals surface area contributed by atoms with Gasteiger partial charge in [0.05, 0.1) is 12.4 Å². The molecule has 1 aromatic rings. The Bertz CT molecular complexity index is 285. The third-order valence-corrected chi connectivity index (χ3v) is 1.17. The minimum absolute atomic E-state index is 0.00141. The van der Waals surface area contributed by atoms with Crippen molar-refractivity contribution in [3.8, 4) is 5.75 Å². The number of nitrogens with zero attached hydrogens (tertiary/aromatic N) is 1. The second-order valence-electron chi connectivity index (χ2n) is 2.70. The number of rotatable bonds is 3. The third-order valence-electron chi connectivity index (χ3n) is 1.17. The van der Waals surface area contributed by atoms with E-state index < -0.39 is 18.3 Å². The summed E-state index contributed by atoms with van der Waals surface area (Å²) in [4.78, 5) is 3.44. The second kappa shape index (κ2) is 3.64. The van der Waals surface area contributed by atoms with Crippen LogP contribution in [-0.4, -0.2) is 17.5 Å². The first-order chi connectivity index (χ1) is 5.97. The maximum absolute atomic E-state index is 12.5. The van der Waals surface area contributed by atoms with Gasteiger partial charge in [0, 0.05) is 13.0 Å². The fourth-order valence-electron chi connectivity index (χ4n) is 0.681. The molecule has 1 rings (SSSR count). The Kier molecular flexibility index (Phi) is 2.75. The highest BCUT2D eigenvalue weighted by molar-refractivity contribution is 5.16. The van der Waals surface area contributed by atoms with Gasteiger partial charge in [0.1, 0.15) is 11.6 Å². The first-order valence-electron chi connectivity index (χ1n) is 3.58. The van der Waals surface area contributed by atoms with Gasteiger partial charge in [-0.05, 0) is 0 Å². The van der Waals surface area contributed by atoms with Crippen LogP contribution in [0.3, 0.4) is 0 Å². The SMILES string of the molecule is CC(F)(F)COc1cncc(F)c1. The first kappa shape index (κ1) is 9.83. The average molecular weight is 191 g/mol. The summed E-state index contributed by atoms with van der Waals surface area (Å²) in [5, 5.41) is 0. The molecule has 0 amide bonds. The fourth-order valence-corrected chi connectivity index (χ4v) is 0.681. The maximum Gasteiger partial charge on any atom is 0.278 e. The quantitative estimate of drug-likeness (QED) is 0.731. The Labute approximate surface area is 73.4 Å². The van der Waals surface area contributed by atoms with Gasteiger partial charge in [-0.25, -0.2) is 13.2 Å². The highest BCUT2D eigenvalue weighted by Gasteiger charge is 2.22. The summed E-state index contributed by atoms with van der Waals surface area (Å²) in [5.74, 6) is -3.54. The Morgan fingerprint density at radius 3 is 2.69 bits per heavy atom. The van der Waals surface area contributed by atoms with Gasteiger partial charge in [0.15, 0.2) is 6.61 Å². The lowest BCUT2D eigenvalue weighted by Crippen LogP contribution is -2.20. The maximum atomic E-state index is 12.5. The molecule has 0 unspecified atom stereocenters. The number of hydrogen-bond acceptors (Lipinski definition) is 2. The molecule has 1 aromatic heterocycles. The van der Waals surface area contributed by atoms with Crippen molar-refractivity contribution < 1.29 is 17.9 Å². The number of halogens is 3. The number of pyridine rings is 1. The van der Waals surface area contributed by atoms with Crippen molar-refractivity contribution in [3.05, 3.63) is 24.3 Å². The molecular formula is C8H8F3NO. The minimum atomic E-state index is -2.92. The molecule has 0 aromatic carbocycles. The van der Waals surface area contributed by atoms with Crippen molar-refractivity contribution in [1.82, 2.24) is 4.98 Å². The van der Waals surface area contributed by atoms with Crippen molar-refractivity contribution in [2.75, 3.05) is 6.61 Å². The van der Waals surface area contributed by atoms with Gasteiger partial charge in [-0.2, -0.15) is 0 Å². The van der Waals surface area contributed by atoms with Crippen LogP contribution in [0.25, 0.3) is 0 Å². The number of hydrogen-bond donors (Lipinski definition) is 0. The molecule has 1 heterocycles. The number of ether oxygens (including phenoxy) is 1. The Hall–Kier alpha value is -1.26. The second-order valence-corrected chi connectivity index (χ2v) is 2.70. The number of alkyl halides is 2. The van der Waals surface area contributed by atoms with Gasteiger partial charge in [-0.15, -0.1) is 0 Å². The van der Waals surface area contributed by atoms with Crippen molar-refractivity contribution in [2.45, 2.75) is 12.8 Å². The molecular weight excluding hydrogens is 183 g/mol. The predicted molar refractivity (Wildman–Crippen MR) is 40.3 cm³/mol. The zero-order chi connectivity index (χ0) is 9.90. The van der Waals surface area contributed by atoms with E-state index in [0.717, 1.165) is 19.2 Å². The van der Waals surface area contributed by atoms with Gasteiger partial charge < -0.3 is 4.74 Å². The van der Waals surface area contributed by atoms with Crippen LogP contribution in [0.1, 0.15) is 6.92 Å². The first-order valence-corrected chi connectivity index (χ1v) is 3.58. The molecule has 0 radical (unpaired) electrons. The Balaban J connectivity index is 2.55. The molecule has 0 aliphatic heterocycles. The smallest absolute Gasteiger partial charge is 0.278 e. The van der Waals surface area contributed by atoms with Gasteiger partial charge >= 0.3 is 0 Å². The van der Waals surface area contributed by atoms with E-state index >= 15 is 0 Å². The van der Waals surface area contributed by atoms with Crippen LogP contribution in [0.2, 0.25) is 0 Å². The molecule has 0 fully saturated rings. The number of aromatic nitrogens is 1. The third kappa shape index (κ3) is 3.78. The van der Waals surface area contributed by atoms with Crippen LogP contribution in [0, 0.1) is 5.82 Å². The minimum Gasteiger partial charge on any atom is -0.486 e. The molecule has 0 saturated carbocycles. The van der Waals surface area contributed by atoms with Gasteiger partial charge in [-0.1, -0.05) is 0 Å². The van der Waals surface area contributed by atoms with Crippen LogP contribution in [0.15, 0.2) is 18.5 Å². The Morgan fingerprint density at radius 1 is 1.46 bits per heavy atom. The monoisotopic (exact) mass is 191 g/mol. The molecule has 13 heavy (non-hydrogen) atoms.